The average molecular weight is 354 g/mol. The molecule has 1 amide bonds. The standard InChI is InChI=1S/C11H13ClINO2/c1-7(2)14-11(15)6-16-10-5-8(12)3-4-9(10)13/h3-5,7H,6H2,1-2H3,(H,14,15). The molecule has 0 heterocycles. The fourth-order valence-corrected chi connectivity index (χ4v) is 1.75. The third-order valence-electron chi connectivity index (χ3n) is 1.70. The molecule has 0 aliphatic carbocycles. The van der Waals surface area contributed by atoms with Crippen molar-refractivity contribution in [1.82, 2.24) is 5.32 Å². The molecule has 16 heavy (non-hydrogen) atoms. The van der Waals surface area contributed by atoms with Crippen molar-refractivity contribution in [1.29, 1.82) is 0 Å². The topological polar surface area (TPSA) is 38.3 Å². The average Bonchev–Trinajstić information content (AvgIpc) is 2.18. The first-order valence-corrected chi connectivity index (χ1v) is 6.32. The summed E-state index contributed by atoms with van der Waals surface area (Å²) in [5, 5.41) is 3.34. The van der Waals surface area contributed by atoms with E-state index in [0.717, 1.165) is 3.57 Å². The highest BCUT2D eigenvalue weighted by Gasteiger charge is 2.06. The van der Waals surface area contributed by atoms with Gasteiger partial charge in [0.15, 0.2) is 6.61 Å². The zero-order valence-corrected chi connectivity index (χ0v) is 12.0. The van der Waals surface area contributed by atoms with Gasteiger partial charge in [0.05, 0.1) is 3.57 Å². The molecular weight excluding hydrogens is 340 g/mol. The minimum atomic E-state index is -0.134. The largest absolute Gasteiger partial charge is 0.483 e. The highest BCUT2D eigenvalue weighted by Crippen LogP contribution is 2.24. The second-order valence-electron chi connectivity index (χ2n) is 3.59. The molecule has 0 fully saturated rings. The van der Waals surface area contributed by atoms with E-state index in [2.05, 4.69) is 27.9 Å². The lowest BCUT2D eigenvalue weighted by atomic mass is 10.3. The summed E-state index contributed by atoms with van der Waals surface area (Å²) in [7, 11) is 0. The predicted molar refractivity (Wildman–Crippen MR) is 72.9 cm³/mol. The monoisotopic (exact) mass is 353 g/mol. The van der Waals surface area contributed by atoms with Gasteiger partial charge in [0.1, 0.15) is 5.75 Å². The molecule has 0 unspecified atom stereocenters. The summed E-state index contributed by atoms with van der Waals surface area (Å²) in [5.41, 5.74) is 0. The van der Waals surface area contributed by atoms with E-state index in [1.807, 2.05) is 19.9 Å². The van der Waals surface area contributed by atoms with Gasteiger partial charge < -0.3 is 10.1 Å². The Balaban J connectivity index is 2.54. The molecule has 0 aliphatic heterocycles. The second kappa shape index (κ2) is 6.30. The van der Waals surface area contributed by atoms with Gasteiger partial charge in [-0.05, 0) is 54.6 Å². The summed E-state index contributed by atoms with van der Waals surface area (Å²) in [6, 6.07) is 5.45. The minimum absolute atomic E-state index is 0.00846. The Bertz CT molecular complexity index is 382. The van der Waals surface area contributed by atoms with Gasteiger partial charge in [-0.25, -0.2) is 0 Å². The summed E-state index contributed by atoms with van der Waals surface area (Å²) in [6.07, 6.45) is 0. The van der Waals surface area contributed by atoms with Crippen molar-refractivity contribution in [2.24, 2.45) is 0 Å². The summed E-state index contributed by atoms with van der Waals surface area (Å²) in [5.74, 6) is 0.498. The molecule has 1 rings (SSSR count). The summed E-state index contributed by atoms with van der Waals surface area (Å²) >= 11 is 7.97. The maximum atomic E-state index is 11.4. The Hall–Kier alpha value is -0.490. The summed E-state index contributed by atoms with van der Waals surface area (Å²) < 4.78 is 6.31. The number of carbonyl (C=O) groups excluding carboxylic acids is 1. The van der Waals surface area contributed by atoms with Gasteiger partial charge in [0.2, 0.25) is 0 Å². The number of hydrogen-bond acceptors (Lipinski definition) is 2. The molecule has 0 bridgehead atoms. The van der Waals surface area contributed by atoms with Crippen LogP contribution in [-0.4, -0.2) is 18.6 Å². The quantitative estimate of drug-likeness (QED) is 0.845. The summed E-state index contributed by atoms with van der Waals surface area (Å²) in [4.78, 5) is 11.4. The molecule has 0 saturated carbocycles. The SMILES string of the molecule is CC(C)NC(=O)COc1cc(Cl)ccc1I. The third kappa shape index (κ3) is 4.57. The molecule has 5 heteroatoms. The first-order chi connectivity index (χ1) is 7.49. The smallest absolute Gasteiger partial charge is 0.258 e. The number of carbonyl (C=O) groups is 1. The Morgan fingerprint density at radius 3 is 2.88 bits per heavy atom. The van der Waals surface area contributed by atoms with E-state index in [1.54, 1.807) is 12.1 Å². The van der Waals surface area contributed by atoms with Crippen molar-refractivity contribution in [3.8, 4) is 5.75 Å². The fourth-order valence-electron chi connectivity index (χ4n) is 1.09. The maximum Gasteiger partial charge on any atom is 0.258 e. The van der Waals surface area contributed by atoms with Crippen molar-refractivity contribution < 1.29 is 9.53 Å². The zero-order valence-electron chi connectivity index (χ0n) is 9.09. The van der Waals surface area contributed by atoms with Crippen LogP contribution in [0.4, 0.5) is 0 Å². The minimum Gasteiger partial charge on any atom is -0.483 e. The molecule has 1 aromatic carbocycles. The number of halogens is 2. The van der Waals surface area contributed by atoms with Crippen molar-refractivity contribution in [3.05, 3.63) is 26.8 Å². The van der Waals surface area contributed by atoms with Crippen LogP contribution in [0, 0.1) is 3.57 Å². The molecule has 0 spiro atoms. The zero-order chi connectivity index (χ0) is 12.1. The van der Waals surface area contributed by atoms with Crippen molar-refractivity contribution in [3.63, 3.8) is 0 Å². The van der Waals surface area contributed by atoms with Gasteiger partial charge in [0, 0.05) is 11.1 Å². The molecule has 3 nitrogen and oxygen atoms in total. The van der Waals surface area contributed by atoms with E-state index in [-0.39, 0.29) is 18.6 Å². The molecule has 88 valence electrons. The number of amides is 1. The van der Waals surface area contributed by atoms with Crippen LogP contribution in [-0.2, 0) is 4.79 Å². The molecular formula is C11H13ClINO2. The first-order valence-electron chi connectivity index (χ1n) is 4.86. The van der Waals surface area contributed by atoms with Crippen LogP contribution in [0.5, 0.6) is 5.75 Å². The van der Waals surface area contributed by atoms with Crippen LogP contribution >= 0.6 is 34.2 Å². The van der Waals surface area contributed by atoms with Gasteiger partial charge in [0.25, 0.3) is 5.91 Å². The van der Waals surface area contributed by atoms with E-state index in [1.165, 1.54) is 0 Å². The second-order valence-corrected chi connectivity index (χ2v) is 5.18. The van der Waals surface area contributed by atoms with Crippen molar-refractivity contribution in [2.75, 3.05) is 6.61 Å². The Labute approximate surface area is 114 Å². The van der Waals surface area contributed by atoms with E-state index >= 15 is 0 Å². The van der Waals surface area contributed by atoms with Crippen LogP contribution in [0.1, 0.15) is 13.8 Å². The van der Waals surface area contributed by atoms with Crippen molar-refractivity contribution >= 4 is 40.1 Å². The van der Waals surface area contributed by atoms with Gasteiger partial charge in [-0.2, -0.15) is 0 Å². The Morgan fingerprint density at radius 1 is 1.56 bits per heavy atom. The molecule has 0 aromatic heterocycles. The van der Waals surface area contributed by atoms with E-state index in [0.29, 0.717) is 10.8 Å². The number of hydrogen-bond donors (Lipinski definition) is 1. The highest BCUT2D eigenvalue weighted by atomic mass is 127. The van der Waals surface area contributed by atoms with Gasteiger partial charge in [-0.1, -0.05) is 11.6 Å². The lowest BCUT2D eigenvalue weighted by Crippen LogP contribution is -2.34. The van der Waals surface area contributed by atoms with Gasteiger partial charge in [-0.3, -0.25) is 4.79 Å². The first kappa shape index (κ1) is 13.6. The third-order valence-corrected chi connectivity index (χ3v) is 2.83. The molecule has 0 aliphatic rings. The van der Waals surface area contributed by atoms with Crippen LogP contribution in [0.2, 0.25) is 5.02 Å². The molecule has 0 atom stereocenters. The number of benzene rings is 1. The lowest BCUT2D eigenvalue weighted by molar-refractivity contribution is -0.123. The normalized spacial score (nSPS) is 10.3. The fraction of sp³-hybridized carbons (Fsp3) is 0.364. The summed E-state index contributed by atoms with van der Waals surface area (Å²) in [6.45, 7) is 3.82. The number of rotatable bonds is 4. The maximum absolute atomic E-state index is 11.4. The van der Waals surface area contributed by atoms with Crippen LogP contribution < -0.4 is 10.1 Å². The van der Waals surface area contributed by atoms with Gasteiger partial charge in [-0.15, -0.1) is 0 Å². The number of ether oxygens (including phenoxy) is 1. The van der Waals surface area contributed by atoms with Crippen LogP contribution in [0.3, 0.4) is 0 Å². The predicted octanol–water partition coefficient (Wildman–Crippen LogP) is 2.85. The van der Waals surface area contributed by atoms with E-state index < -0.39 is 0 Å². The van der Waals surface area contributed by atoms with E-state index in [9.17, 15) is 4.79 Å². The lowest BCUT2D eigenvalue weighted by Gasteiger charge is -2.10. The van der Waals surface area contributed by atoms with E-state index in [4.69, 9.17) is 16.3 Å². The van der Waals surface area contributed by atoms with Crippen molar-refractivity contribution in [2.45, 2.75) is 19.9 Å². The van der Waals surface area contributed by atoms with Crippen LogP contribution in [0.25, 0.3) is 0 Å². The molecule has 0 radical (unpaired) electrons. The molecule has 0 saturated heterocycles. The highest BCUT2D eigenvalue weighted by molar-refractivity contribution is 14.1. The molecule has 1 aromatic rings. The Morgan fingerprint density at radius 2 is 2.25 bits per heavy atom. The Kier molecular flexibility index (Phi) is 5.34. The van der Waals surface area contributed by atoms with Crippen LogP contribution in [0.15, 0.2) is 18.2 Å². The molecule has 1 N–H and O–H groups in total. The van der Waals surface area contributed by atoms with Gasteiger partial charge >= 0.3 is 0 Å². The number of nitrogens with one attached hydrogen (secondary N) is 1.